The van der Waals surface area contributed by atoms with E-state index in [0.717, 1.165) is 64.2 Å². The molecular formula is C50H82NO9P. The number of esters is 2. The molecule has 0 amide bonds. The van der Waals surface area contributed by atoms with Crippen LogP contribution in [0.2, 0.25) is 0 Å². The van der Waals surface area contributed by atoms with E-state index in [4.69, 9.17) is 18.5 Å². The number of allylic oxidation sites excluding steroid dienone is 17. The topological polar surface area (TPSA) is 131 Å². The van der Waals surface area contributed by atoms with Crippen LogP contribution in [0.15, 0.2) is 109 Å². The van der Waals surface area contributed by atoms with Crippen molar-refractivity contribution in [2.24, 2.45) is 0 Å². The van der Waals surface area contributed by atoms with Gasteiger partial charge in [-0.25, -0.2) is 0 Å². The van der Waals surface area contributed by atoms with Gasteiger partial charge in [0.15, 0.2) is 6.10 Å². The van der Waals surface area contributed by atoms with Crippen LogP contribution < -0.4 is 4.89 Å². The standard InChI is InChI=1S/C50H82NO9P/c1-6-8-10-12-14-16-18-20-21-22-23-24-25-27-29-31-33-35-37-41-49(53)57-45-48(46-59-61(55,56)58-44-43-51(3,4)5)60-50(54)42-38-40-47(52)39-36-34-32-30-28-26-19-17-15-13-11-9-7-2/h9,11,14-17,20-21,23-24,26-29,32,34,36,39,47-48,52H,6-8,10,12-13,18-19,22,25,30-31,33,35,37-38,40-46H2,1-5H3/b11-9-,16-14-,17-15-,21-20-,24-23-,28-26-,29-27-,34-32-,39-36+/t47?,48-/m1/s1. The monoisotopic (exact) mass is 872 g/mol. The summed E-state index contributed by atoms with van der Waals surface area (Å²) < 4.78 is 33.7. The zero-order valence-electron chi connectivity index (χ0n) is 38.4. The van der Waals surface area contributed by atoms with Crippen molar-refractivity contribution in [3.8, 4) is 0 Å². The van der Waals surface area contributed by atoms with E-state index in [1.54, 1.807) is 12.2 Å². The molecule has 0 aromatic heterocycles. The minimum absolute atomic E-state index is 0.0200. The van der Waals surface area contributed by atoms with Crippen LogP contribution in [0.3, 0.4) is 0 Å². The molecule has 1 N–H and O–H groups in total. The van der Waals surface area contributed by atoms with Crippen molar-refractivity contribution in [2.45, 2.75) is 148 Å². The number of aliphatic hydroxyl groups is 1. The lowest BCUT2D eigenvalue weighted by Crippen LogP contribution is -2.37. The van der Waals surface area contributed by atoms with E-state index in [0.29, 0.717) is 30.3 Å². The summed E-state index contributed by atoms with van der Waals surface area (Å²) in [6, 6.07) is 0. The Hall–Kier alpha value is -3.37. The maximum Gasteiger partial charge on any atom is 0.306 e. The average molecular weight is 872 g/mol. The predicted molar refractivity (Wildman–Crippen MR) is 251 cm³/mol. The van der Waals surface area contributed by atoms with Gasteiger partial charge in [-0.15, -0.1) is 0 Å². The molecule has 0 saturated carbocycles. The number of phosphoric ester groups is 1. The molecular weight excluding hydrogens is 790 g/mol. The van der Waals surface area contributed by atoms with Crippen molar-refractivity contribution in [3.63, 3.8) is 0 Å². The van der Waals surface area contributed by atoms with Crippen molar-refractivity contribution in [1.29, 1.82) is 0 Å². The molecule has 0 radical (unpaired) electrons. The van der Waals surface area contributed by atoms with Crippen LogP contribution in [0.25, 0.3) is 0 Å². The molecule has 0 aliphatic carbocycles. The van der Waals surface area contributed by atoms with E-state index in [1.807, 2.05) is 33.3 Å². The van der Waals surface area contributed by atoms with Gasteiger partial charge in [-0.1, -0.05) is 142 Å². The number of hydrogen-bond donors (Lipinski definition) is 1. The van der Waals surface area contributed by atoms with Crippen molar-refractivity contribution in [3.05, 3.63) is 109 Å². The van der Waals surface area contributed by atoms with E-state index >= 15 is 0 Å². The number of unbranched alkanes of at least 4 members (excludes halogenated alkanes) is 6. The maximum absolute atomic E-state index is 12.7. The summed E-state index contributed by atoms with van der Waals surface area (Å²) in [5.74, 6) is -1.09. The van der Waals surface area contributed by atoms with E-state index in [-0.39, 0.29) is 26.1 Å². The molecule has 0 rings (SSSR count). The summed E-state index contributed by atoms with van der Waals surface area (Å²) in [7, 11) is 1.01. The Morgan fingerprint density at radius 2 is 1.15 bits per heavy atom. The maximum atomic E-state index is 12.7. The lowest BCUT2D eigenvalue weighted by molar-refractivity contribution is -0.870. The third kappa shape index (κ3) is 44.5. The van der Waals surface area contributed by atoms with Gasteiger partial charge >= 0.3 is 11.9 Å². The van der Waals surface area contributed by atoms with Crippen LogP contribution in [0.5, 0.6) is 0 Å². The predicted octanol–water partition coefficient (Wildman–Crippen LogP) is 11.5. The molecule has 10 nitrogen and oxygen atoms in total. The Labute approximate surface area is 370 Å². The molecule has 0 bridgehead atoms. The smallest absolute Gasteiger partial charge is 0.306 e. The highest BCUT2D eigenvalue weighted by Crippen LogP contribution is 2.38. The van der Waals surface area contributed by atoms with Crippen LogP contribution in [0, 0.1) is 0 Å². The van der Waals surface area contributed by atoms with Crippen molar-refractivity contribution in [2.75, 3.05) is 47.5 Å². The number of hydrogen-bond acceptors (Lipinski definition) is 9. The SMILES string of the molecule is CC/C=C\C/C=C\C/C=C\C/C=C\C=C\C(O)CCCC(=O)O[C@H](COC(=O)CCCCC/C=C\C/C=C\C/C=C\C/C=C\CCCCC)COP(=O)([O-])OCC[N+](C)(C)C. The molecule has 2 unspecified atom stereocenters. The molecule has 0 aromatic carbocycles. The van der Waals surface area contributed by atoms with Gasteiger partial charge in [0, 0.05) is 12.8 Å². The summed E-state index contributed by atoms with van der Waals surface area (Å²) in [5.41, 5.74) is 0. The number of aliphatic hydroxyl groups excluding tert-OH is 1. The molecule has 61 heavy (non-hydrogen) atoms. The summed E-state index contributed by atoms with van der Waals surface area (Å²) in [6.07, 6.45) is 51.5. The number of phosphoric acid groups is 1. The Morgan fingerprint density at radius 1 is 0.623 bits per heavy atom. The highest BCUT2D eigenvalue weighted by Gasteiger charge is 2.22. The van der Waals surface area contributed by atoms with Crippen LogP contribution >= 0.6 is 7.82 Å². The zero-order valence-corrected chi connectivity index (χ0v) is 39.3. The third-order valence-electron chi connectivity index (χ3n) is 8.88. The summed E-state index contributed by atoms with van der Waals surface area (Å²) >= 11 is 0. The van der Waals surface area contributed by atoms with Gasteiger partial charge < -0.3 is 33.0 Å². The fraction of sp³-hybridized carbons (Fsp3) is 0.600. The quantitative estimate of drug-likeness (QED) is 0.0160. The molecule has 0 aromatic rings. The van der Waals surface area contributed by atoms with Gasteiger partial charge in [0.25, 0.3) is 7.82 Å². The number of quaternary nitrogens is 1. The Balaban J connectivity index is 4.62. The second-order valence-corrected chi connectivity index (χ2v) is 17.3. The lowest BCUT2D eigenvalue weighted by Gasteiger charge is -2.28. The van der Waals surface area contributed by atoms with Crippen LogP contribution in [-0.2, 0) is 32.7 Å². The minimum Gasteiger partial charge on any atom is -0.756 e. The minimum atomic E-state index is -4.70. The second-order valence-electron chi connectivity index (χ2n) is 15.9. The van der Waals surface area contributed by atoms with Crippen molar-refractivity contribution in [1.82, 2.24) is 0 Å². The van der Waals surface area contributed by atoms with E-state index in [2.05, 4.69) is 98.9 Å². The zero-order chi connectivity index (χ0) is 45.1. The average Bonchev–Trinajstić information content (AvgIpc) is 3.21. The number of carbonyl (C=O) groups is 2. The number of rotatable bonds is 39. The van der Waals surface area contributed by atoms with Gasteiger partial charge in [0.05, 0.1) is 33.9 Å². The Bertz CT molecular complexity index is 1420. The van der Waals surface area contributed by atoms with E-state index in [1.165, 1.54) is 25.7 Å². The Kier molecular flexibility index (Phi) is 38.4. The van der Waals surface area contributed by atoms with Gasteiger partial charge in [0.2, 0.25) is 0 Å². The number of ether oxygens (including phenoxy) is 2. The van der Waals surface area contributed by atoms with Gasteiger partial charge in [-0.05, 0) is 89.9 Å². The first-order valence-electron chi connectivity index (χ1n) is 22.7. The number of nitrogens with zero attached hydrogens (tertiary/aromatic N) is 1. The first-order valence-corrected chi connectivity index (χ1v) is 24.2. The molecule has 346 valence electrons. The molecule has 3 atom stereocenters. The third-order valence-corrected chi connectivity index (χ3v) is 9.85. The first kappa shape index (κ1) is 57.6. The molecule has 0 spiro atoms. The van der Waals surface area contributed by atoms with Crippen molar-refractivity contribution < 1.29 is 47.2 Å². The summed E-state index contributed by atoms with van der Waals surface area (Å²) in [4.78, 5) is 37.6. The van der Waals surface area contributed by atoms with E-state index < -0.39 is 38.6 Å². The van der Waals surface area contributed by atoms with Crippen LogP contribution in [0.1, 0.15) is 136 Å². The van der Waals surface area contributed by atoms with Gasteiger partial charge in [0.1, 0.15) is 19.8 Å². The summed E-state index contributed by atoms with van der Waals surface area (Å²) in [6.45, 7) is 3.78. The largest absolute Gasteiger partial charge is 0.756 e. The molecule has 0 aliphatic heterocycles. The fourth-order valence-corrected chi connectivity index (χ4v) is 6.04. The summed E-state index contributed by atoms with van der Waals surface area (Å²) in [5, 5.41) is 10.3. The number of likely N-dealkylation sites (N-methyl/N-ethyl adjacent to an activating group) is 1. The second kappa shape index (κ2) is 40.7. The normalized spacial score (nSPS) is 15.1. The van der Waals surface area contributed by atoms with Crippen LogP contribution in [0.4, 0.5) is 0 Å². The molecule has 0 fully saturated rings. The first-order chi connectivity index (χ1) is 29.4. The lowest BCUT2D eigenvalue weighted by atomic mass is 10.1. The highest BCUT2D eigenvalue weighted by atomic mass is 31.2. The molecule has 0 heterocycles. The molecule has 0 aliphatic rings. The number of carbonyl (C=O) groups excluding carboxylic acids is 2. The Morgan fingerprint density at radius 3 is 1.70 bits per heavy atom. The van der Waals surface area contributed by atoms with E-state index in [9.17, 15) is 24.2 Å². The van der Waals surface area contributed by atoms with Crippen molar-refractivity contribution >= 4 is 19.8 Å². The molecule has 11 heteroatoms. The highest BCUT2D eigenvalue weighted by molar-refractivity contribution is 7.45. The molecule has 0 saturated heterocycles. The fourth-order valence-electron chi connectivity index (χ4n) is 5.31. The van der Waals surface area contributed by atoms with Crippen LogP contribution in [-0.4, -0.2) is 81.2 Å². The van der Waals surface area contributed by atoms with Gasteiger partial charge in [-0.2, -0.15) is 0 Å². The van der Waals surface area contributed by atoms with Gasteiger partial charge in [-0.3, -0.25) is 14.2 Å².